The van der Waals surface area contributed by atoms with Gasteiger partial charge in [-0.2, -0.15) is 10.2 Å². The number of anilines is 1. The highest BCUT2D eigenvalue weighted by Crippen LogP contribution is 2.24. The Balaban J connectivity index is 1.78. The summed E-state index contributed by atoms with van der Waals surface area (Å²) in [5.41, 5.74) is 0.463. The van der Waals surface area contributed by atoms with Crippen molar-refractivity contribution in [2.75, 3.05) is 31.1 Å². The van der Waals surface area contributed by atoms with E-state index in [0.717, 1.165) is 32.0 Å². The minimum atomic E-state index is -0.474. The molecule has 0 aliphatic carbocycles. The van der Waals surface area contributed by atoms with Gasteiger partial charge in [0.1, 0.15) is 18.2 Å². The van der Waals surface area contributed by atoms with Crippen molar-refractivity contribution >= 4 is 17.4 Å². The maximum atomic E-state index is 13.9. The molecule has 5 nitrogen and oxygen atoms in total. The number of nitriles is 1. The van der Waals surface area contributed by atoms with Crippen molar-refractivity contribution in [2.45, 2.75) is 6.61 Å². The molecule has 0 saturated carbocycles. The molecule has 24 heavy (non-hydrogen) atoms. The Hall–Kier alpha value is -2.36. The summed E-state index contributed by atoms with van der Waals surface area (Å²) in [5.74, 6) is 0.564. The predicted octanol–water partition coefficient (Wildman–Crippen LogP) is 2.73. The van der Waals surface area contributed by atoms with Gasteiger partial charge < -0.3 is 15.0 Å². The molecule has 1 aromatic heterocycles. The zero-order chi connectivity index (χ0) is 16.9. The van der Waals surface area contributed by atoms with Gasteiger partial charge in [0.2, 0.25) is 5.88 Å². The molecule has 0 spiro atoms. The van der Waals surface area contributed by atoms with Crippen molar-refractivity contribution < 1.29 is 9.13 Å². The number of nitrogens with zero attached hydrogens (tertiary/aromatic N) is 3. The van der Waals surface area contributed by atoms with Crippen molar-refractivity contribution in [1.82, 2.24) is 10.3 Å². The molecule has 2 aromatic rings. The summed E-state index contributed by atoms with van der Waals surface area (Å²) in [6.07, 6.45) is 0. The summed E-state index contributed by atoms with van der Waals surface area (Å²) in [6.45, 7) is 3.34. The standard InChI is InChI=1S/C17H16ClFN4O/c18-13-8-16(23-6-4-21-5-7-23)22-17(9-13)24-11-14-12(10-20)2-1-3-15(14)19/h1-3,8-9,21H,4-7,11H2. The molecule has 1 saturated heterocycles. The Morgan fingerprint density at radius 3 is 2.88 bits per heavy atom. The van der Waals surface area contributed by atoms with Gasteiger partial charge in [0.25, 0.3) is 0 Å². The average molecular weight is 347 g/mol. The van der Waals surface area contributed by atoms with Gasteiger partial charge in [-0.3, -0.25) is 0 Å². The van der Waals surface area contributed by atoms with Crippen LogP contribution in [0.25, 0.3) is 0 Å². The minimum Gasteiger partial charge on any atom is -0.473 e. The van der Waals surface area contributed by atoms with Gasteiger partial charge in [0.15, 0.2) is 0 Å². The lowest BCUT2D eigenvalue weighted by Crippen LogP contribution is -2.43. The summed E-state index contributed by atoms with van der Waals surface area (Å²) >= 11 is 6.15. The number of piperazine rings is 1. The van der Waals surface area contributed by atoms with Gasteiger partial charge in [-0.1, -0.05) is 17.7 Å². The van der Waals surface area contributed by atoms with E-state index in [-0.39, 0.29) is 17.7 Å². The van der Waals surface area contributed by atoms with E-state index in [1.165, 1.54) is 12.1 Å². The second kappa shape index (κ2) is 7.47. The van der Waals surface area contributed by atoms with Gasteiger partial charge in [0, 0.05) is 42.8 Å². The fourth-order valence-corrected chi connectivity index (χ4v) is 2.74. The second-order valence-electron chi connectivity index (χ2n) is 5.39. The van der Waals surface area contributed by atoms with Crippen LogP contribution in [0.15, 0.2) is 30.3 Å². The third-order valence-corrected chi connectivity index (χ3v) is 4.02. The number of pyridine rings is 1. The van der Waals surface area contributed by atoms with Crippen LogP contribution in [0.3, 0.4) is 0 Å². The highest BCUT2D eigenvalue weighted by atomic mass is 35.5. The molecule has 124 valence electrons. The monoisotopic (exact) mass is 346 g/mol. The van der Waals surface area contributed by atoms with Crippen molar-refractivity contribution in [3.05, 3.63) is 52.3 Å². The smallest absolute Gasteiger partial charge is 0.217 e. The molecule has 2 heterocycles. The second-order valence-corrected chi connectivity index (χ2v) is 5.82. The number of benzene rings is 1. The van der Waals surface area contributed by atoms with Crippen molar-refractivity contribution in [3.63, 3.8) is 0 Å². The quantitative estimate of drug-likeness (QED) is 0.922. The van der Waals surface area contributed by atoms with Crippen LogP contribution >= 0.6 is 11.6 Å². The number of hydrogen-bond acceptors (Lipinski definition) is 5. The van der Waals surface area contributed by atoms with E-state index in [0.29, 0.717) is 10.9 Å². The first-order valence-corrected chi connectivity index (χ1v) is 7.98. The zero-order valence-corrected chi connectivity index (χ0v) is 13.7. The lowest BCUT2D eigenvalue weighted by atomic mass is 10.1. The van der Waals surface area contributed by atoms with E-state index in [1.807, 2.05) is 6.07 Å². The highest BCUT2D eigenvalue weighted by Gasteiger charge is 2.15. The molecule has 0 unspecified atom stereocenters. The Kier molecular flexibility index (Phi) is 5.14. The van der Waals surface area contributed by atoms with Crippen molar-refractivity contribution in [1.29, 1.82) is 5.26 Å². The van der Waals surface area contributed by atoms with Gasteiger partial charge in [0.05, 0.1) is 11.6 Å². The molecular weight excluding hydrogens is 331 g/mol. The van der Waals surface area contributed by atoms with Crippen LogP contribution in [0.4, 0.5) is 10.2 Å². The van der Waals surface area contributed by atoms with E-state index >= 15 is 0 Å². The molecule has 0 bridgehead atoms. The van der Waals surface area contributed by atoms with Gasteiger partial charge >= 0.3 is 0 Å². The lowest BCUT2D eigenvalue weighted by Gasteiger charge is -2.28. The van der Waals surface area contributed by atoms with E-state index in [4.69, 9.17) is 21.6 Å². The summed E-state index contributed by atoms with van der Waals surface area (Å²) in [4.78, 5) is 6.55. The first kappa shape index (κ1) is 16.5. The van der Waals surface area contributed by atoms with Crippen LogP contribution in [-0.2, 0) is 6.61 Å². The van der Waals surface area contributed by atoms with Gasteiger partial charge in [-0.15, -0.1) is 0 Å². The summed E-state index contributed by atoms with van der Waals surface area (Å²) in [5, 5.41) is 12.9. The summed E-state index contributed by atoms with van der Waals surface area (Å²) in [7, 11) is 0. The Morgan fingerprint density at radius 2 is 2.12 bits per heavy atom. The normalized spacial score (nSPS) is 14.3. The molecule has 1 aromatic carbocycles. The SMILES string of the molecule is N#Cc1cccc(F)c1COc1cc(Cl)cc(N2CCNCC2)n1. The zero-order valence-electron chi connectivity index (χ0n) is 12.9. The van der Waals surface area contributed by atoms with Crippen LogP contribution in [0, 0.1) is 17.1 Å². The number of hydrogen-bond donors (Lipinski definition) is 1. The number of nitrogens with one attached hydrogen (secondary N) is 1. The van der Waals surface area contributed by atoms with Crippen LogP contribution in [0.1, 0.15) is 11.1 Å². The molecule has 0 amide bonds. The average Bonchev–Trinajstić information content (AvgIpc) is 2.60. The molecule has 0 atom stereocenters. The van der Waals surface area contributed by atoms with Crippen LogP contribution in [-0.4, -0.2) is 31.2 Å². The number of ether oxygens (including phenoxy) is 1. The van der Waals surface area contributed by atoms with Crippen LogP contribution in [0.2, 0.25) is 5.02 Å². The largest absolute Gasteiger partial charge is 0.473 e. The van der Waals surface area contributed by atoms with Gasteiger partial charge in [-0.25, -0.2) is 4.39 Å². The van der Waals surface area contributed by atoms with E-state index in [2.05, 4.69) is 15.2 Å². The summed E-state index contributed by atoms with van der Waals surface area (Å²) in [6, 6.07) is 9.69. The van der Waals surface area contributed by atoms with E-state index in [1.54, 1.807) is 18.2 Å². The Labute approximate surface area is 144 Å². The lowest BCUT2D eigenvalue weighted by molar-refractivity contribution is 0.288. The third kappa shape index (κ3) is 3.75. The molecule has 1 aliphatic rings. The van der Waals surface area contributed by atoms with E-state index < -0.39 is 5.82 Å². The molecule has 7 heteroatoms. The van der Waals surface area contributed by atoms with Crippen molar-refractivity contribution in [2.24, 2.45) is 0 Å². The summed E-state index contributed by atoms with van der Waals surface area (Å²) < 4.78 is 19.5. The first-order chi connectivity index (χ1) is 11.7. The van der Waals surface area contributed by atoms with Crippen molar-refractivity contribution in [3.8, 4) is 11.9 Å². The van der Waals surface area contributed by atoms with E-state index in [9.17, 15) is 4.39 Å². The molecule has 0 radical (unpaired) electrons. The van der Waals surface area contributed by atoms with Crippen LogP contribution in [0.5, 0.6) is 5.88 Å². The topological polar surface area (TPSA) is 61.2 Å². The van der Waals surface area contributed by atoms with Crippen LogP contribution < -0.4 is 15.0 Å². The Morgan fingerprint density at radius 1 is 1.33 bits per heavy atom. The highest BCUT2D eigenvalue weighted by molar-refractivity contribution is 6.30. The molecule has 1 aliphatic heterocycles. The minimum absolute atomic E-state index is 0.0795. The predicted molar refractivity (Wildman–Crippen MR) is 89.8 cm³/mol. The maximum Gasteiger partial charge on any atom is 0.217 e. The molecule has 1 N–H and O–H groups in total. The fourth-order valence-electron chi connectivity index (χ4n) is 2.55. The molecular formula is C17H16ClFN4O. The first-order valence-electron chi connectivity index (χ1n) is 7.61. The molecule has 3 rings (SSSR count). The number of aromatic nitrogens is 1. The van der Waals surface area contributed by atoms with Gasteiger partial charge in [-0.05, 0) is 18.2 Å². The number of rotatable bonds is 4. The third-order valence-electron chi connectivity index (χ3n) is 3.80. The fraction of sp³-hybridized carbons (Fsp3) is 0.294. The molecule has 1 fully saturated rings. The Bertz CT molecular complexity index is 772. The number of halogens is 2. The maximum absolute atomic E-state index is 13.9.